The summed E-state index contributed by atoms with van der Waals surface area (Å²) < 4.78 is 46.8. The van der Waals surface area contributed by atoms with Crippen LogP contribution < -0.4 is 23.6 Å². The summed E-state index contributed by atoms with van der Waals surface area (Å²) in [5.74, 6) is -0.571. The van der Waals surface area contributed by atoms with Gasteiger partial charge in [0.15, 0.2) is 0 Å². The zero-order chi connectivity index (χ0) is 23.6. The van der Waals surface area contributed by atoms with Gasteiger partial charge in [-0.15, -0.1) is 25.3 Å². The van der Waals surface area contributed by atoms with Crippen molar-refractivity contribution < 1.29 is 46.3 Å². The standard InChI is InChI=1S/C16H17F3N2O3.C6H14N.Li/c1-3-23-15(22)9-6-12-10-14(20-21(12)2)11-4-7-13(8-5-11)24-16(17,18)19;1-5(2)7-6(3)4;/h4-5,7-8,10H,3,6,9H2,1-2H3;5-6H,1-4H3;/q;-1;+1. The summed E-state index contributed by atoms with van der Waals surface area (Å²) in [6, 6.07) is 8.25. The monoisotopic (exact) mass is 449 g/mol. The van der Waals surface area contributed by atoms with Crippen LogP contribution in [0.2, 0.25) is 0 Å². The average molecular weight is 449 g/mol. The molecule has 0 saturated heterocycles. The topological polar surface area (TPSA) is 67.5 Å². The van der Waals surface area contributed by atoms with Crippen LogP contribution in [0.5, 0.6) is 5.75 Å². The Labute approximate surface area is 200 Å². The van der Waals surface area contributed by atoms with E-state index in [0.717, 1.165) is 5.69 Å². The number of aromatic nitrogens is 2. The summed E-state index contributed by atoms with van der Waals surface area (Å²) in [7, 11) is 1.74. The Balaban J connectivity index is 0.00000104. The third-order valence-corrected chi connectivity index (χ3v) is 3.85. The van der Waals surface area contributed by atoms with E-state index in [4.69, 9.17) is 4.74 Å². The van der Waals surface area contributed by atoms with Gasteiger partial charge in [0.25, 0.3) is 0 Å². The molecule has 2 aromatic rings. The summed E-state index contributed by atoms with van der Waals surface area (Å²) in [5.41, 5.74) is 2.09. The fourth-order valence-electron chi connectivity index (χ4n) is 2.77. The summed E-state index contributed by atoms with van der Waals surface area (Å²) in [6.45, 7) is 10.5. The van der Waals surface area contributed by atoms with Gasteiger partial charge in [-0.2, -0.15) is 5.10 Å². The number of carbonyl (C=O) groups is 1. The molecule has 1 aromatic carbocycles. The van der Waals surface area contributed by atoms with E-state index in [1.54, 1.807) is 24.7 Å². The molecular weight excluding hydrogens is 418 g/mol. The van der Waals surface area contributed by atoms with Crippen LogP contribution >= 0.6 is 0 Å². The van der Waals surface area contributed by atoms with E-state index in [0.29, 0.717) is 36.4 Å². The number of nitrogens with zero attached hydrogens (tertiary/aromatic N) is 3. The molecule has 0 bridgehead atoms. The van der Waals surface area contributed by atoms with E-state index in [1.165, 1.54) is 24.3 Å². The first-order valence-electron chi connectivity index (χ1n) is 10.2. The fourth-order valence-corrected chi connectivity index (χ4v) is 2.77. The van der Waals surface area contributed by atoms with E-state index in [1.807, 2.05) is 0 Å². The number of rotatable bonds is 8. The molecule has 0 unspecified atom stereocenters. The van der Waals surface area contributed by atoms with Crippen molar-refractivity contribution in [3.8, 4) is 17.0 Å². The first kappa shape index (κ1) is 30.0. The van der Waals surface area contributed by atoms with Crippen molar-refractivity contribution in [2.75, 3.05) is 6.61 Å². The molecule has 2 rings (SSSR count). The number of alkyl halides is 3. The Morgan fingerprint density at radius 1 is 1.12 bits per heavy atom. The Morgan fingerprint density at radius 2 is 1.69 bits per heavy atom. The van der Waals surface area contributed by atoms with Gasteiger partial charge in [-0.3, -0.25) is 9.48 Å². The maximum Gasteiger partial charge on any atom is 1.00 e. The van der Waals surface area contributed by atoms with Crippen LogP contribution in [0.1, 0.15) is 46.7 Å². The second kappa shape index (κ2) is 14.2. The van der Waals surface area contributed by atoms with Crippen LogP contribution in [0.4, 0.5) is 13.2 Å². The summed E-state index contributed by atoms with van der Waals surface area (Å²) >= 11 is 0. The second-order valence-corrected chi connectivity index (χ2v) is 7.36. The minimum Gasteiger partial charge on any atom is -0.658 e. The number of carbonyl (C=O) groups excluding carboxylic acids is 1. The van der Waals surface area contributed by atoms with E-state index in [2.05, 4.69) is 42.8 Å². The van der Waals surface area contributed by atoms with Crippen molar-refractivity contribution in [1.29, 1.82) is 0 Å². The average Bonchev–Trinajstić information content (AvgIpc) is 2.99. The van der Waals surface area contributed by atoms with E-state index < -0.39 is 6.36 Å². The molecule has 0 saturated carbocycles. The van der Waals surface area contributed by atoms with Gasteiger partial charge in [0, 0.05) is 18.3 Å². The smallest absolute Gasteiger partial charge is 0.658 e. The first-order chi connectivity index (χ1) is 14.4. The van der Waals surface area contributed by atoms with E-state index in [9.17, 15) is 18.0 Å². The quantitative estimate of drug-likeness (QED) is 0.459. The molecule has 0 N–H and O–H groups in total. The number of benzene rings is 1. The molecule has 0 spiro atoms. The van der Waals surface area contributed by atoms with Gasteiger partial charge in [-0.25, -0.2) is 0 Å². The van der Waals surface area contributed by atoms with Crippen LogP contribution in [0.15, 0.2) is 30.3 Å². The second-order valence-electron chi connectivity index (χ2n) is 7.36. The molecule has 32 heavy (non-hydrogen) atoms. The van der Waals surface area contributed by atoms with Crippen molar-refractivity contribution in [3.05, 3.63) is 41.3 Å². The molecule has 0 fully saturated rings. The van der Waals surface area contributed by atoms with Crippen molar-refractivity contribution >= 4 is 5.97 Å². The third-order valence-electron chi connectivity index (χ3n) is 3.85. The zero-order valence-corrected chi connectivity index (χ0v) is 19.9. The largest absolute Gasteiger partial charge is 1.00 e. The maximum absolute atomic E-state index is 12.2. The normalized spacial score (nSPS) is 11.0. The van der Waals surface area contributed by atoms with Gasteiger partial charge in [0.2, 0.25) is 0 Å². The van der Waals surface area contributed by atoms with Crippen molar-refractivity contribution in [3.63, 3.8) is 0 Å². The van der Waals surface area contributed by atoms with E-state index >= 15 is 0 Å². The molecule has 0 aliphatic heterocycles. The molecule has 1 aromatic heterocycles. The maximum atomic E-state index is 12.2. The van der Waals surface area contributed by atoms with Crippen LogP contribution in [0.25, 0.3) is 16.6 Å². The van der Waals surface area contributed by atoms with Crippen LogP contribution in [0, 0.1) is 0 Å². The molecule has 0 aliphatic carbocycles. The van der Waals surface area contributed by atoms with Gasteiger partial charge in [0.05, 0.1) is 18.7 Å². The number of hydrogen-bond acceptors (Lipinski definition) is 4. The predicted octanol–water partition coefficient (Wildman–Crippen LogP) is 2.66. The molecule has 0 atom stereocenters. The SMILES string of the molecule is CC(C)[N-]C(C)C.CCOC(=O)CCc1cc(-c2ccc(OC(F)(F)F)cc2)nn1C.[Li+]. The summed E-state index contributed by atoms with van der Waals surface area (Å²) in [6.07, 6.45) is -4.00. The van der Waals surface area contributed by atoms with Crippen molar-refractivity contribution in [1.82, 2.24) is 9.78 Å². The summed E-state index contributed by atoms with van der Waals surface area (Å²) in [5, 5.41) is 8.59. The molecule has 174 valence electrons. The van der Waals surface area contributed by atoms with E-state index in [-0.39, 0.29) is 37.0 Å². The third kappa shape index (κ3) is 12.2. The van der Waals surface area contributed by atoms with Gasteiger partial charge < -0.3 is 14.8 Å². The van der Waals surface area contributed by atoms with Gasteiger partial charge in [0.1, 0.15) is 5.75 Å². The molecule has 0 amide bonds. The Hall–Kier alpha value is -1.95. The van der Waals surface area contributed by atoms with Gasteiger partial charge in [-0.05, 0) is 43.7 Å². The predicted molar refractivity (Wildman–Crippen MR) is 114 cm³/mol. The zero-order valence-electron chi connectivity index (χ0n) is 19.9. The Kier molecular flexibility index (Phi) is 13.4. The molecule has 1 heterocycles. The first-order valence-corrected chi connectivity index (χ1v) is 10.2. The number of aryl methyl sites for hydroxylation is 2. The minimum absolute atomic E-state index is 0. The van der Waals surface area contributed by atoms with Crippen LogP contribution in [-0.2, 0) is 23.0 Å². The molecular formula is C22H31F3LiN3O3. The number of ether oxygens (including phenoxy) is 2. The van der Waals surface area contributed by atoms with Crippen LogP contribution in [0.3, 0.4) is 0 Å². The molecule has 6 nitrogen and oxygen atoms in total. The number of hydrogen-bond donors (Lipinski definition) is 0. The van der Waals surface area contributed by atoms with Gasteiger partial charge >= 0.3 is 31.2 Å². The summed E-state index contributed by atoms with van der Waals surface area (Å²) in [4.78, 5) is 11.4. The molecule has 0 radical (unpaired) electrons. The van der Waals surface area contributed by atoms with Crippen LogP contribution in [-0.4, -0.2) is 40.8 Å². The van der Waals surface area contributed by atoms with Gasteiger partial charge in [-0.1, -0.05) is 27.7 Å². The van der Waals surface area contributed by atoms with Crippen molar-refractivity contribution in [2.45, 2.75) is 65.9 Å². The molecule has 10 heteroatoms. The number of halogens is 3. The minimum atomic E-state index is -4.72. The number of esters is 1. The Bertz CT molecular complexity index is 801. The molecule has 0 aliphatic rings. The van der Waals surface area contributed by atoms with Crippen molar-refractivity contribution in [2.24, 2.45) is 7.05 Å². The fraction of sp³-hybridized carbons (Fsp3) is 0.545. The Morgan fingerprint density at radius 3 is 2.12 bits per heavy atom.